The zero-order valence-corrected chi connectivity index (χ0v) is 10.9. The summed E-state index contributed by atoms with van der Waals surface area (Å²) in [5.41, 5.74) is 0. The van der Waals surface area contributed by atoms with Crippen LogP contribution >= 0.6 is 15.9 Å². The predicted octanol–water partition coefficient (Wildman–Crippen LogP) is 1.28. The first kappa shape index (κ1) is 13.1. The van der Waals surface area contributed by atoms with Gasteiger partial charge in [0.25, 0.3) is 0 Å². The molecule has 0 aliphatic rings. The minimum atomic E-state index is -0.335. The lowest BCUT2D eigenvalue weighted by atomic mass is 10.6. The van der Waals surface area contributed by atoms with E-state index in [2.05, 4.69) is 31.2 Å². The van der Waals surface area contributed by atoms with E-state index in [0.29, 0.717) is 22.8 Å². The molecule has 16 heavy (non-hydrogen) atoms. The van der Waals surface area contributed by atoms with Crippen LogP contribution in [0.4, 0.5) is 5.95 Å². The van der Waals surface area contributed by atoms with Gasteiger partial charge in [-0.15, -0.1) is 0 Å². The third-order valence-electron chi connectivity index (χ3n) is 1.86. The number of nitrogens with zero attached hydrogens (tertiary/aromatic N) is 2. The topological polar surface area (TPSA) is 65.5 Å². The van der Waals surface area contributed by atoms with Crippen molar-refractivity contribution < 1.29 is 14.2 Å². The van der Waals surface area contributed by atoms with Gasteiger partial charge in [-0.3, -0.25) is 0 Å². The summed E-state index contributed by atoms with van der Waals surface area (Å²) in [5.74, 6) is 0.933. The summed E-state index contributed by atoms with van der Waals surface area (Å²) in [4.78, 5) is 8.20. The summed E-state index contributed by atoms with van der Waals surface area (Å²) in [6, 6.07) is 0. The fraction of sp³-hybridized carbons (Fsp3) is 0.556. The van der Waals surface area contributed by atoms with Crippen molar-refractivity contribution in [3.8, 4) is 5.88 Å². The number of ether oxygens (including phenoxy) is 3. The van der Waals surface area contributed by atoms with Crippen LogP contribution in [0, 0.1) is 0 Å². The van der Waals surface area contributed by atoms with Gasteiger partial charge in [0.05, 0.1) is 24.3 Å². The lowest BCUT2D eigenvalue weighted by Gasteiger charge is -2.14. The Bertz CT molecular complexity index is 334. The van der Waals surface area contributed by atoms with Gasteiger partial charge in [0.1, 0.15) is 0 Å². The highest BCUT2D eigenvalue weighted by Gasteiger charge is 2.08. The Morgan fingerprint density at radius 2 is 2.06 bits per heavy atom. The van der Waals surface area contributed by atoms with E-state index in [-0.39, 0.29) is 6.29 Å². The van der Waals surface area contributed by atoms with Gasteiger partial charge in [-0.05, 0) is 15.9 Å². The van der Waals surface area contributed by atoms with E-state index in [1.54, 1.807) is 27.5 Å². The van der Waals surface area contributed by atoms with E-state index in [9.17, 15) is 0 Å². The van der Waals surface area contributed by atoms with Crippen LogP contribution < -0.4 is 10.1 Å². The quantitative estimate of drug-likeness (QED) is 0.797. The third-order valence-corrected chi connectivity index (χ3v) is 2.40. The smallest absolute Gasteiger partial charge is 0.232 e. The largest absolute Gasteiger partial charge is 0.480 e. The number of hydrogen-bond acceptors (Lipinski definition) is 6. The first-order valence-electron chi connectivity index (χ1n) is 4.57. The van der Waals surface area contributed by atoms with Crippen LogP contribution in [0.15, 0.2) is 10.7 Å². The Hall–Kier alpha value is -0.920. The molecule has 0 saturated heterocycles. The van der Waals surface area contributed by atoms with E-state index in [0.717, 1.165) is 0 Å². The van der Waals surface area contributed by atoms with Gasteiger partial charge in [-0.1, -0.05) is 0 Å². The number of methoxy groups -OCH3 is 3. The van der Waals surface area contributed by atoms with E-state index in [1.165, 1.54) is 0 Å². The second kappa shape index (κ2) is 6.62. The Morgan fingerprint density at radius 3 is 2.62 bits per heavy atom. The lowest BCUT2D eigenvalue weighted by molar-refractivity contribution is -0.0914. The number of rotatable bonds is 6. The Labute approximate surface area is 102 Å². The Balaban J connectivity index is 2.60. The van der Waals surface area contributed by atoms with Gasteiger partial charge in [-0.2, -0.15) is 4.98 Å². The van der Waals surface area contributed by atoms with E-state index < -0.39 is 0 Å². The molecular formula is C9H14BrN3O3. The molecule has 7 heteroatoms. The van der Waals surface area contributed by atoms with Gasteiger partial charge in [0.15, 0.2) is 6.29 Å². The van der Waals surface area contributed by atoms with Gasteiger partial charge in [0, 0.05) is 14.2 Å². The molecule has 0 atom stereocenters. The first-order valence-corrected chi connectivity index (χ1v) is 5.36. The summed E-state index contributed by atoms with van der Waals surface area (Å²) in [7, 11) is 4.68. The van der Waals surface area contributed by atoms with Crippen LogP contribution in [-0.2, 0) is 9.47 Å². The highest BCUT2D eigenvalue weighted by molar-refractivity contribution is 9.10. The average molecular weight is 292 g/mol. The SMILES string of the molecule is COc1nc(NCC(OC)OC)ncc1Br. The predicted molar refractivity (Wildman–Crippen MR) is 62.6 cm³/mol. The van der Waals surface area contributed by atoms with Gasteiger partial charge in [-0.25, -0.2) is 4.98 Å². The molecule has 0 saturated carbocycles. The van der Waals surface area contributed by atoms with Crippen molar-refractivity contribution in [2.24, 2.45) is 0 Å². The molecule has 1 N–H and O–H groups in total. The van der Waals surface area contributed by atoms with Crippen molar-refractivity contribution >= 4 is 21.9 Å². The summed E-state index contributed by atoms with van der Waals surface area (Å²) >= 11 is 3.27. The third kappa shape index (κ3) is 3.58. The molecule has 0 spiro atoms. The standard InChI is InChI=1S/C9H14BrN3O3/c1-14-7(15-2)5-12-9-11-4-6(10)8(13-9)16-3/h4,7H,5H2,1-3H3,(H,11,12,13). The van der Waals surface area contributed by atoms with Crippen molar-refractivity contribution in [2.75, 3.05) is 33.2 Å². The first-order chi connectivity index (χ1) is 7.71. The number of hydrogen-bond donors (Lipinski definition) is 1. The highest BCUT2D eigenvalue weighted by Crippen LogP contribution is 2.21. The molecule has 0 radical (unpaired) electrons. The van der Waals surface area contributed by atoms with Crippen LogP contribution in [0.25, 0.3) is 0 Å². The molecule has 0 aliphatic carbocycles. The minimum Gasteiger partial charge on any atom is -0.480 e. The summed E-state index contributed by atoms with van der Waals surface area (Å²) in [5, 5.41) is 2.98. The molecule has 1 rings (SSSR count). The summed E-state index contributed by atoms with van der Waals surface area (Å²) < 4.78 is 15.8. The van der Waals surface area contributed by atoms with Crippen LogP contribution in [0.1, 0.15) is 0 Å². The second-order valence-corrected chi connectivity index (χ2v) is 3.69. The maximum atomic E-state index is 5.04. The van der Waals surface area contributed by atoms with Crippen LogP contribution in [0.5, 0.6) is 5.88 Å². The molecule has 0 unspecified atom stereocenters. The van der Waals surface area contributed by atoms with Crippen molar-refractivity contribution in [1.29, 1.82) is 0 Å². The van der Waals surface area contributed by atoms with Crippen molar-refractivity contribution in [2.45, 2.75) is 6.29 Å². The van der Waals surface area contributed by atoms with E-state index in [1.807, 2.05) is 0 Å². The van der Waals surface area contributed by atoms with Gasteiger partial charge in [0.2, 0.25) is 11.8 Å². The molecule has 90 valence electrons. The molecule has 0 fully saturated rings. The lowest BCUT2D eigenvalue weighted by Crippen LogP contribution is -2.24. The average Bonchev–Trinajstić information content (AvgIpc) is 2.32. The fourth-order valence-corrected chi connectivity index (χ4v) is 1.37. The number of nitrogens with one attached hydrogen (secondary N) is 1. The van der Waals surface area contributed by atoms with Crippen LogP contribution in [-0.4, -0.2) is 44.1 Å². The molecule has 1 aromatic rings. The molecule has 0 aliphatic heterocycles. The molecule has 0 bridgehead atoms. The van der Waals surface area contributed by atoms with Crippen molar-refractivity contribution in [3.63, 3.8) is 0 Å². The Kier molecular flexibility index (Phi) is 5.44. The molecule has 0 amide bonds. The zero-order valence-electron chi connectivity index (χ0n) is 9.36. The molecule has 1 aromatic heterocycles. The van der Waals surface area contributed by atoms with Gasteiger partial charge < -0.3 is 19.5 Å². The van der Waals surface area contributed by atoms with Crippen molar-refractivity contribution in [3.05, 3.63) is 10.7 Å². The molecule has 6 nitrogen and oxygen atoms in total. The van der Waals surface area contributed by atoms with E-state index >= 15 is 0 Å². The monoisotopic (exact) mass is 291 g/mol. The Morgan fingerprint density at radius 1 is 1.38 bits per heavy atom. The number of halogens is 1. The van der Waals surface area contributed by atoms with E-state index in [4.69, 9.17) is 14.2 Å². The second-order valence-electron chi connectivity index (χ2n) is 2.83. The maximum absolute atomic E-state index is 5.04. The highest BCUT2D eigenvalue weighted by atomic mass is 79.9. The summed E-state index contributed by atoms with van der Waals surface area (Å²) in [6.07, 6.45) is 1.28. The van der Waals surface area contributed by atoms with Crippen molar-refractivity contribution in [1.82, 2.24) is 9.97 Å². The minimum absolute atomic E-state index is 0.335. The van der Waals surface area contributed by atoms with Gasteiger partial charge >= 0.3 is 0 Å². The zero-order chi connectivity index (χ0) is 12.0. The summed E-state index contributed by atoms with van der Waals surface area (Å²) in [6.45, 7) is 0.456. The van der Waals surface area contributed by atoms with Crippen LogP contribution in [0.2, 0.25) is 0 Å². The number of aromatic nitrogens is 2. The molecule has 0 aromatic carbocycles. The maximum Gasteiger partial charge on any atom is 0.232 e. The molecular weight excluding hydrogens is 278 g/mol. The fourth-order valence-electron chi connectivity index (χ4n) is 1.02. The van der Waals surface area contributed by atoms with Crippen LogP contribution in [0.3, 0.4) is 0 Å². The normalized spacial score (nSPS) is 10.6. The number of anilines is 1. The molecule has 1 heterocycles.